The van der Waals surface area contributed by atoms with Gasteiger partial charge in [-0.3, -0.25) is 14.5 Å². The number of halogens is 4. The maximum absolute atomic E-state index is 12.3. The minimum absolute atomic E-state index is 0.484. The molecule has 2 heterocycles. The predicted molar refractivity (Wildman–Crippen MR) is 177 cm³/mol. The number of hydrogen-bond donors (Lipinski definition) is 2. The van der Waals surface area contributed by atoms with E-state index < -0.39 is 23.6 Å². The van der Waals surface area contributed by atoms with Crippen molar-refractivity contribution in [3.05, 3.63) is 64.7 Å². The Balaban J connectivity index is 0.000000310. The first-order valence-corrected chi connectivity index (χ1v) is 16.2. The van der Waals surface area contributed by atoms with Gasteiger partial charge in [-0.25, -0.2) is 0 Å². The number of carbonyl (C=O) groups excluding carboxylic acids is 2. The number of benzene rings is 2. The summed E-state index contributed by atoms with van der Waals surface area (Å²) in [5.41, 5.74) is -0.702. The van der Waals surface area contributed by atoms with Crippen molar-refractivity contribution in [2.45, 2.75) is 57.3 Å². The zero-order valence-corrected chi connectivity index (χ0v) is 28.4. The fourth-order valence-electron chi connectivity index (χ4n) is 6.23. The molecular weight excluding hydrogens is 621 g/mol. The van der Waals surface area contributed by atoms with Crippen LogP contribution >= 0.6 is 11.6 Å². The number of ether oxygens (including phenoxy) is 1. The molecule has 2 N–H and O–H groups in total. The summed E-state index contributed by atoms with van der Waals surface area (Å²) in [5, 5.41) is 12.3. The van der Waals surface area contributed by atoms with Crippen molar-refractivity contribution >= 4 is 30.0 Å². The summed E-state index contributed by atoms with van der Waals surface area (Å²) in [6.45, 7) is 12.0. The van der Waals surface area contributed by atoms with Gasteiger partial charge in [0, 0.05) is 76.8 Å². The number of nitrogens with one attached hydrogen (secondary N) is 1. The summed E-state index contributed by atoms with van der Waals surface area (Å²) >= 11 is 6.52. The number of amides is 1. The minimum atomic E-state index is -5.00. The van der Waals surface area contributed by atoms with Crippen LogP contribution in [0.2, 0.25) is 5.02 Å². The van der Waals surface area contributed by atoms with Gasteiger partial charge in [0.1, 0.15) is 0 Å². The number of alkyl halides is 3. The lowest BCUT2D eigenvalue weighted by molar-refractivity contribution is -0.249. The zero-order valence-electron chi connectivity index (χ0n) is 27.7. The lowest BCUT2D eigenvalue weighted by Crippen LogP contribution is -2.66. The van der Waals surface area contributed by atoms with Crippen LogP contribution in [0, 0.1) is 5.41 Å². The molecule has 0 bridgehead atoms. The minimum Gasteiger partial charge on any atom is -0.385 e. The molecule has 8 nitrogen and oxygen atoms in total. The zero-order chi connectivity index (χ0) is 34.4. The molecule has 1 saturated carbocycles. The molecule has 0 aromatic heterocycles. The van der Waals surface area contributed by atoms with E-state index in [4.69, 9.17) is 26.2 Å². The van der Waals surface area contributed by atoms with Crippen molar-refractivity contribution in [2.75, 3.05) is 72.0 Å². The van der Waals surface area contributed by atoms with Crippen LogP contribution in [0.3, 0.4) is 0 Å². The van der Waals surface area contributed by atoms with Crippen LogP contribution in [0.5, 0.6) is 0 Å². The van der Waals surface area contributed by atoms with E-state index in [1.54, 1.807) is 14.2 Å². The molecule has 2 saturated heterocycles. The third kappa shape index (κ3) is 10.4. The van der Waals surface area contributed by atoms with E-state index in [9.17, 15) is 18.0 Å². The Labute approximate surface area is 276 Å². The molecule has 1 unspecified atom stereocenters. The molecule has 0 radical (unpaired) electrons. The molecule has 1 amide bonds. The summed E-state index contributed by atoms with van der Waals surface area (Å²) in [5.74, 6) is 0. The van der Waals surface area contributed by atoms with E-state index in [2.05, 4.69) is 45.3 Å². The molecule has 12 heteroatoms. The van der Waals surface area contributed by atoms with Gasteiger partial charge in [-0.05, 0) is 61.4 Å². The second-order valence-electron chi connectivity index (χ2n) is 11.8. The highest BCUT2D eigenvalue weighted by Gasteiger charge is 2.55. The summed E-state index contributed by atoms with van der Waals surface area (Å²) in [7, 11) is 5.55. The number of aldehydes is 1. The molecule has 2 aromatic rings. The van der Waals surface area contributed by atoms with Crippen molar-refractivity contribution in [3.8, 4) is 0 Å². The van der Waals surface area contributed by atoms with Gasteiger partial charge >= 0.3 is 6.18 Å². The molecule has 3 fully saturated rings. The first-order chi connectivity index (χ1) is 21.9. The number of nitrogens with zero attached hydrogens (tertiary/aromatic N) is 3. The molecule has 5 rings (SSSR count). The maximum Gasteiger partial charge on any atom is 0.428 e. The van der Waals surface area contributed by atoms with Gasteiger partial charge in [0.25, 0.3) is 0 Å². The Bertz CT molecular complexity index is 1180. The first kappa shape index (κ1) is 39.5. The number of carbonyl (C=O) groups is 2. The average Bonchev–Trinajstić information content (AvgIpc) is 3.04. The van der Waals surface area contributed by atoms with Gasteiger partial charge in [-0.15, -0.1) is 0 Å². The monoisotopic (exact) mass is 670 g/mol. The van der Waals surface area contributed by atoms with Crippen molar-refractivity contribution in [1.82, 2.24) is 15.1 Å². The Morgan fingerprint density at radius 1 is 1.04 bits per heavy atom. The second kappa shape index (κ2) is 18.6. The van der Waals surface area contributed by atoms with Gasteiger partial charge < -0.3 is 25.0 Å². The van der Waals surface area contributed by atoms with E-state index in [0.717, 1.165) is 55.7 Å². The van der Waals surface area contributed by atoms with Crippen molar-refractivity contribution in [3.63, 3.8) is 0 Å². The van der Waals surface area contributed by atoms with Gasteiger partial charge in [-0.2, -0.15) is 13.2 Å². The van der Waals surface area contributed by atoms with Crippen LogP contribution in [-0.2, 0) is 26.3 Å². The van der Waals surface area contributed by atoms with Gasteiger partial charge in [-0.1, -0.05) is 61.8 Å². The van der Waals surface area contributed by atoms with Crippen LogP contribution < -0.4 is 10.2 Å². The molecule has 2 aromatic carbocycles. The molecule has 1 atom stereocenters. The number of likely N-dealkylation sites (tertiary alicyclic amines) is 1. The van der Waals surface area contributed by atoms with E-state index >= 15 is 0 Å². The molecular formula is C34H50ClF3N4O4. The third-order valence-electron chi connectivity index (χ3n) is 8.51. The predicted octanol–water partition coefficient (Wildman–Crippen LogP) is 5.16. The summed E-state index contributed by atoms with van der Waals surface area (Å²) in [6, 6.07) is 13.6. The maximum atomic E-state index is 12.3. The number of anilines is 1. The molecule has 1 spiro atoms. The number of hydrogen-bond acceptors (Lipinski definition) is 7. The smallest absolute Gasteiger partial charge is 0.385 e. The SMILES string of the molecule is CC.CNC=O.COCCCc1ccc(N2CCN(C3CC4(C3)CN(C)C4)CC2)cc1Cl.O=CC(O)(c1ccccc1)C(F)(F)F. The first-order valence-electron chi connectivity index (χ1n) is 15.8. The fraction of sp³-hybridized carbons (Fsp3) is 0.588. The fourth-order valence-corrected chi connectivity index (χ4v) is 6.50. The third-order valence-corrected chi connectivity index (χ3v) is 8.86. The van der Waals surface area contributed by atoms with Gasteiger partial charge in [0.05, 0.1) is 0 Å². The molecule has 1 aliphatic carbocycles. The molecule has 46 heavy (non-hydrogen) atoms. The summed E-state index contributed by atoms with van der Waals surface area (Å²) in [4.78, 5) is 27.0. The lowest BCUT2D eigenvalue weighted by atomic mass is 9.60. The van der Waals surface area contributed by atoms with Crippen LogP contribution in [0.25, 0.3) is 0 Å². The van der Waals surface area contributed by atoms with Crippen LogP contribution in [0.1, 0.15) is 44.2 Å². The molecule has 3 aliphatic rings. The summed E-state index contributed by atoms with van der Waals surface area (Å²) in [6.07, 6.45) is -0.0522. The van der Waals surface area contributed by atoms with E-state index in [0.29, 0.717) is 11.8 Å². The number of aryl methyl sites for hydroxylation is 1. The number of piperazine rings is 1. The number of aliphatic hydroxyl groups is 1. The largest absolute Gasteiger partial charge is 0.428 e. The molecule has 2 aliphatic heterocycles. The Morgan fingerprint density at radius 2 is 1.63 bits per heavy atom. The van der Waals surface area contributed by atoms with Crippen molar-refractivity contribution in [1.29, 1.82) is 0 Å². The van der Waals surface area contributed by atoms with Crippen molar-refractivity contribution < 1.29 is 32.6 Å². The van der Waals surface area contributed by atoms with Gasteiger partial charge in [0.2, 0.25) is 12.0 Å². The quantitative estimate of drug-likeness (QED) is 0.282. The van der Waals surface area contributed by atoms with Crippen LogP contribution in [0.4, 0.5) is 18.9 Å². The highest BCUT2D eigenvalue weighted by molar-refractivity contribution is 6.31. The van der Waals surface area contributed by atoms with E-state index in [-0.39, 0.29) is 0 Å². The average molecular weight is 671 g/mol. The standard InChI is InChI=1S/C21H32ClN3O.C9H7F3O2.C2H5NO.C2H6/c1-23-15-21(16-23)13-19(14-21)25-9-7-24(8-10-25)18-6-5-17(20(22)12-18)4-3-11-26-2;10-9(11,12)8(14,6-13)7-4-2-1-3-5-7;1-3-2-4;1-2/h5-6,12,19H,3-4,7-11,13-16H2,1-2H3;1-6,14H;2H,1H3,(H,3,4);1-2H3. The van der Waals surface area contributed by atoms with Crippen LogP contribution in [0.15, 0.2) is 48.5 Å². The highest BCUT2D eigenvalue weighted by Crippen LogP contribution is 2.49. The summed E-state index contributed by atoms with van der Waals surface area (Å²) < 4.78 is 42.1. The Morgan fingerprint density at radius 3 is 2.09 bits per heavy atom. The van der Waals surface area contributed by atoms with Crippen molar-refractivity contribution in [2.24, 2.45) is 5.41 Å². The molecule has 258 valence electrons. The van der Waals surface area contributed by atoms with E-state index in [1.807, 2.05) is 13.8 Å². The number of methoxy groups -OCH3 is 1. The van der Waals surface area contributed by atoms with Gasteiger partial charge in [0.15, 0.2) is 6.29 Å². The highest BCUT2D eigenvalue weighted by atomic mass is 35.5. The van der Waals surface area contributed by atoms with Crippen LogP contribution in [-0.4, -0.2) is 107 Å². The second-order valence-corrected chi connectivity index (χ2v) is 12.2. The Hall–Kier alpha value is -2.70. The Kier molecular flexibility index (Phi) is 16.0. The number of rotatable bonds is 9. The normalized spacial score (nSPS) is 19.0. The topological polar surface area (TPSA) is 85.4 Å². The lowest BCUT2D eigenvalue weighted by Gasteiger charge is -2.61. The van der Waals surface area contributed by atoms with E-state index in [1.165, 1.54) is 68.5 Å².